The summed E-state index contributed by atoms with van der Waals surface area (Å²) in [5.74, 6) is -1.55. The lowest BCUT2D eigenvalue weighted by Crippen LogP contribution is -2.24. The standard InChI is InChI=1S/C13H18N2O3S/c1-8(16)14-9(12(17)18)5-6-11-15-10(7-19-11)13(2,3)4/h5,7H,6H2,1-4H3,(H,14,16)(H,17,18). The normalized spacial score (nSPS) is 12.3. The van der Waals surface area contributed by atoms with Gasteiger partial charge in [0.1, 0.15) is 5.70 Å². The van der Waals surface area contributed by atoms with Crippen molar-refractivity contribution >= 4 is 23.2 Å². The number of carboxylic acids is 1. The minimum atomic E-state index is -1.15. The predicted molar refractivity (Wildman–Crippen MR) is 74.1 cm³/mol. The van der Waals surface area contributed by atoms with Gasteiger partial charge in [0, 0.05) is 24.1 Å². The molecule has 0 atom stereocenters. The molecule has 1 heterocycles. The molecule has 1 rings (SSSR count). The van der Waals surface area contributed by atoms with Gasteiger partial charge in [0.05, 0.1) is 10.7 Å². The van der Waals surface area contributed by atoms with Gasteiger partial charge >= 0.3 is 5.97 Å². The lowest BCUT2D eigenvalue weighted by Gasteiger charge is -2.14. The molecule has 2 N–H and O–H groups in total. The molecule has 104 valence electrons. The van der Waals surface area contributed by atoms with Gasteiger partial charge in [0.15, 0.2) is 0 Å². The van der Waals surface area contributed by atoms with Gasteiger partial charge in [0.25, 0.3) is 0 Å². The highest BCUT2D eigenvalue weighted by molar-refractivity contribution is 7.09. The van der Waals surface area contributed by atoms with Crippen LogP contribution in [0, 0.1) is 0 Å². The van der Waals surface area contributed by atoms with Crippen LogP contribution in [0.5, 0.6) is 0 Å². The maximum Gasteiger partial charge on any atom is 0.352 e. The minimum Gasteiger partial charge on any atom is -0.477 e. The topological polar surface area (TPSA) is 79.3 Å². The first kappa shape index (κ1) is 15.4. The van der Waals surface area contributed by atoms with Crippen LogP contribution in [0.3, 0.4) is 0 Å². The Morgan fingerprint density at radius 3 is 2.53 bits per heavy atom. The van der Waals surface area contributed by atoms with E-state index in [1.807, 2.05) is 5.38 Å². The quantitative estimate of drug-likeness (QED) is 0.829. The van der Waals surface area contributed by atoms with Crippen molar-refractivity contribution < 1.29 is 14.7 Å². The molecule has 0 aliphatic heterocycles. The van der Waals surface area contributed by atoms with Gasteiger partial charge in [-0.3, -0.25) is 4.79 Å². The molecule has 1 amide bonds. The maximum absolute atomic E-state index is 10.9. The number of allylic oxidation sites excluding steroid dienone is 1. The van der Waals surface area contributed by atoms with Crippen LogP contribution in [-0.2, 0) is 21.4 Å². The Morgan fingerprint density at radius 2 is 2.11 bits per heavy atom. The number of nitrogens with zero attached hydrogens (tertiary/aromatic N) is 1. The maximum atomic E-state index is 10.9. The highest BCUT2D eigenvalue weighted by Gasteiger charge is 2.17. The number of aliphatic carboxylic acids is 1. The third kappa shape index (κ3) is 4.82. The Morgan fingerprint density at radius 1 is 1.47 bits per heavy atom. The molecule has 6 heteroatoms. The van der Waals surface area contributed by atoms with Crippen LogP contribution in [0.25, 0.3) is 0 Å². The van der Waals surface area contributed by atoms with E-state index >= 15 is 0 Å². The Hall–Kier alpha value is -1.69. The molecule has 1 aromatic rings. The number of carbonyl (C=O) groups is 2. The average Bonchev–Trinajstić information content (AvgIpc) is 2.71. The summed E-state index contributed by atoms with van der Waals surface area (Å²) in [5, 5.41) is 14.0. The van der Waals surface area contributed by atoms with E-state index in [9.17, 15) is 9.59 Å². The predicted octanol–water partition coefficient (Wildman–Crippen LogP) is 2.09. The third-order valence-corrected chi connectivity index (χ3v) is 3.21. The largest absolute Gasteiger partial charge is 0.477 e. The van der Waals surface area contributed by atoms with Crippen molar-refractivity contribution in [1.82, 2.24) is 10.3 Å². The van der Waals surface area contributed by atoms with Gasteiger partial charge in [0.2, 0.25) is 5.91 Å². The Balaban J connectivity index is 2.81. The summed E-state index contributed by atoms with van der Waals surface area (Å²) in [5.41, 5.74) is 0.850. The first-order chi connectivity index (χ1) is 8.70. The highest BCUT2D eigenvalue weighted by atomic mass is 32.1. The molecule has 1 aromatic heterocycles. The number of hydrogen-bond acceptors (Lipinski definition) is 4. The first-order valence-electron chi connectivity index (χ1n) is 5.86. The van der Waals surface area contributed by atoms with Crippen LogP contribution in [0.2, 0.25) is 0 Å². The zero-order valence-corrected chi connectivity index (χ0v) is 12.3. The smallest absolute Gasteiger partial charge is 0.352 e. The minimum absolute atomic E-state index is 0.0221. The molecular weight excluding hydrogens is 264 g/mol. The summed E-state index contributed by atoms with van der Waals surface area (Å²) in [6, 6.07) is 0. The molecule has 19 heavy (non-hydrogen) atoms. The third-order valence-electron chi connectivity index (χ3n) is 2.34. The average molecular weight is 282 g/mol. The highest BCUT2D eigenvalue weighted by Crippen LogP contribution is 2.24. The van der Waals surface area contributed by atoms with Crippen LogP contribution in [-0.4, -0.2) is 22.0 Å². The van der Waals surface area contributed by atoms with E-state index in [0.29, 0.717) is 6.42 Å². The van der Waals surface area contributed by atoms with Crippen LogP contribution >= 0.6 is 11.3 Å². The number of nitrogens with one attached hydrogen (secondary N) is 1. The fourth-order valence-corrected chi connectivity index (χ4v) is 2.30. The van der Waals surface area contributed by atoms with E-state index in [4.69, 9.17) is 5.11 Å². The van der Waals surface area contributed by atoms with Gasteiger partial charge in [-0.05, 0) is 6.08 Å². The first-order valence-corrected chi connectivity index (χ1v) is 6.74. The fourth-order valence-electron chi connectivity index (χ4n) is 1.32. The van der Waals surface area contributed by atoms with Gasteiger partial charge in [-0.25, -0.2) is 9.78 Å². The van der Waals surface area contributed by atoms with Crippen molar-refractivity contribution in [2.24, 2.45) is 0 Å². The Kier molecular flexibility index (Phi) is 4.83. The summed E-state index contributed by atoms with van der Waals surface area (Å²) in [4.78, 5) is 26.3. The molecule has 0 saturated carbocycles. The number of aromatic nitrogens is 1. The monoisotopic (exact) mass is 282 g/mol. The molecule has 0 aliphatic carbocycles. The van der Waals surface area contributed by atoms with Gasteiger partial charge in [-0.2, -0.15) is 0 Å². The van der Waals surface area contributed by atoms with Gasteiger partial charge in [-0.1, -0.05) is 20.8 Å². The number of thiazole rings is 1. The fraction of sp³-hybridized carbons (Fsp3) is 0.462. The van der Waals surface area contributed by atoms with Crippen molar-refractivity contribution in [2.45, 2.75) is 39.5 Å². The molecular formula is C13H18N2O3S. The molecule has 0 fully saturated rings. The van der Waals surface area contributed by atoms with E-state index in [0.717, 1.165) is 10.7 Å². The van der Waals surface area contributed by atoms with E-state index in [2.05, 4.69) is 31.1 Å². The Bertz CT molecular complexity index is 512. The van der Waals surface area contributed by atoms with Crippen LogP contribution in [0.15, 0.2) is 17.2 Å². The van der Waals surface area contributed by atoms with E-state index in [1.54, 1.807) is 0 Å². The second-order valence-electron chi connectivity index (χ2n) is 5.18. The number of carbonyl (C=O) groups excluding carboxylic acids is 1. The molecule has 0 spiro atoms. The number of carboxylic acid groups (broad SMARTS) is 1. The van der Waals surface area contributed by atoms with Gasteiger partial charge < -0.3 is 10.4 Å². The van der Waals surface area contributed by atoms with E-state index < -0.39 is 11.9 Å². The SMILES string of the molecule is CC(=O)NC(=CCc1nc(C(C)(C)C)cs1)C(=O)O. The zero-order valence-electron chi connectivity index (χ0n) is 11.5. The number of hydrogen-bond donors (Lipinski definition) is 2. The number of amides is 1. The van der Waals surface area contributed by atoms with Gasteiger partial charge in [-0.15, -0.1) is 11.3 Å². The van der Waals surface area contributed by atoms with Crippen LogP contribution in [0.1, 0.15) is 38.4 Å². The second-order valence-corrected chi connectivity index (χ2v) is 6.13. The van der Waals surface area contributed by atoms with E-state index in [-0.39, 0.29) is 11.1 Å². The molecule has 0 bridgehead atoms. The summed E-state index contributed by atoms with van der Waals surface area (Å²) in [6.45, 7) is 7.49. The second kappa shape index (κ2) is 5.97. The lowest BCUT2D eigenvalue weighted by molar-refractivity contribution is -0.134. The van der Waals surface area contributed by atoms with Crippen LogP contribution in [0.4, 0.5) is 0 Å². The van der Waals surface area contributed by atoms with Crippen LogP contribution < -0.4 is 5.32 Å². The Labute approximate surface area is 116 Å². The molecule has 5 nitrogen and oxygen atoms in total. The molecule has 0 aliphatic rings. The van der Waals surface area contributed by atoms with E-state index in [1.165, 1.54) is 24.3 Å². The van der Waals surface area contributed by atoms with Crippen molar-refractivity contribution in [2.75, 3.05) is 0 Å². The van der Waals surface area contributed by atoms with Crippen molar-refractivity contribution in [3.63, 3.8) is 0 Å². The zero-order chi connectivity index (χ0) is 14.6. The molecule has 0 saturated heterocycles. The van der Waals surface area contributed by atoms with Crippen molar-refractivity contribution in [1.29, 1.82) is 0 Å². The molecule has 0 radical (unpaired) electrons. The molecule has 0 aromatic carbocycles. The number of rotatable bonds is 4. The van der Waals surface area contributed by atoms with Crippen molar-refractivity contribution in [3.05, 3.63) is 27.9 Å². The lowest BCUT2D eigenvalue weighted by atomic mass is 9.93. The molecule has 0 unspecified atom stereocenters. The summed E-state index contributed by atoms with van der Waals surface area (Å²) >= 11 is 1.49. The summed E-state index contributed by atoms with van der Waals surface area (Å²) < 4.78 is 0. The summed E-state index contributed by atoms with van der Waals surface area (Å²) in [6.07, 6.45) is 1.86. The van der Waals surface area contributed by atoms with Crippen molar-refractivity contribution in [3.8, 4) is 0 Å². The summed E-state index contributed by atoms with van der Waals surface area (Å²) in [7, 11) is 0.